The molecule has 4 heteroatoms. The topological polar surface area (TPSA) is 66.4 Å². The van der Waals surface area contributed by atoms with Crippen molar-refractivity contribution in [2.45, 2.75) is 34.1 Å². The summed E-state index contributed by atoms with van der Waals surface area (Å²) >= 11 is 0. The zero-order valence-corrected chi connectivity index (χ0v) is 12.4. The maximum atomic E-state index is 12.3. The van der Waals surface area contributed by atoms with Gasteiger partial charge in [0, 0.05) is 11.6 Å². The minimum atomic E-state index is -0.877. The predicted molar refractivity (Wildman–Crippen MR) is 77.5 cm³/mol. The van der Waals surface area contributed by atoms with Gasteiger partial charge in [0.25, 0.3) is 0 Å². The van der Waals surface area contributed by atoms with Gasteiger partial charge >= 0.3 is 5.97 Å². The molecule has 4 nitrogen and oxygen atoms in total. The molecule has 2 rings (SSSR count). The van der Waals surface area contributed by atoms with Crippen molar-refractivity contribution in [2.75, 3.05) is 5.32 Å². The van der Waals surface area contributed by atoms with E-state index in [0.717, 1.165) is 0 Å². The molecule has 1 fully saturated rings. The van der Waals surface area contributed by atoms with Crippen LogP contribution < -0.4 is 5.32 Å². The Morgan fingerprint density at radius 1 is 1.20 bits per heavy atom. The first kappa shape index (κ1) is 14.6. The Morgan fingerprint density at radius 2 is 1.80 bits per heavy atom. The lowest BCUT2D eigenvalue weighted by atomic mass is 10.0. The van der Waals surface area contributed by atoms with Crippen molar-refractivity contribution in [3.8, 4) is 0 Å². The van der Waals surface area contributed by atoms with E-state index in [2.05, 4.69) is 33.0 Å². The van der Waals surface area contributed by atoms with E-state index in [4.69, 9.17) is 5.11 Å². The molecule has 1 aliphatic rings. The molecular formula is C16H21NO3. The summed E-state index contributed by atoms with van der Waals surface area (Å²) in [4.78, 5) is 23.0. The van der Waals surface area contributed by atoms with Crippen molar-refractivity contribution < 1.29 is 14.7 Å². The number of carbonyl (C=O) groups is 2. The Hall–Kier alpha value is -1.84. The molecule has 1 aromatic rings. The van der Waals surface area contributed by atoms with Crippen LogP contribution in [0.1, 0.15) is 33.3 Å². The van der Waals surface area contributed by atoms with Gasteiger partial charge in [-0.15, -0.1) is 0 Å². The summed E-state index contributed by atoms with van der Waals surface area (Å²) in [5.74, 6) is -0.886. The Morgan fingerprint density at radius 3 is 2.30 bits per heavy atom. The van der Waals surface area contributed by atoms with E-state index in [0.29, 0.717) is 11.3 Å². The Kier molecular flexibility index (Phi) is 3.36. The second-order valence-corrected chi connectivity index (χ2v) is 6.64. The summed E-state index contributed by atoms with van der Waals surface area (Å²) in [6, 6.07) is 7.01. The molecule has 2 N–H and O–H groups in total. The highest BCUT2D eigenvalue weighted by Gasteiger charge is 2.68. The molecule has 0 bridgehead atoms. The number of nitrogens with one attached hydrogen (secondary N) is 1. The van der Waals surface area contributed by atoms with E-state index in [1.807, 2.05) is 0 Å². The summed E-state index contributed by atoms with van der Waals surface area (Å²) in [7, 11) is 0. The van der Waals surface area contributed by atoms with E-state index >= 15 is 0 Å². The number of carbonyl (C=O) groups excluding carboxylic acids is 1. The fourth-order valence-electron chi connectivity index (χ4n) is 3.00. The van der Waals surface area contributed by atoms with E-state index in [1.165, 1.54) is 0 Å². The number of anilines is 1. The molecule has 0 saturated heterocycles. The lowest BCUT2D eigenvalue weighted by Gasteiger charge is -2.07. The fraction of sp³-hybridized carbons (Fsp3) is 0.500. The molecule has 108 valence electrons. The second kappa shape index (κ2) is 4.62. The summed E-state index contributed by atoms with van der Waals surface area (Å²) in [6.07, 6.45) is -0.0376. The molecule has 0 radical (unpaired) electrons. The van der Waals surface area contributed by atoms with Crippen LogP contribution in [-0.4, -0.2) is 17.0 Å². The average Bonchev–Trinajstić information content (AvgIpc) is 2.68. The number of carboxylic acids is 1. The quantitative estimate of drug-likeness (QED) is 0.887. The Bertz CT molecular complexity index is 547. The number of aliphatic carboxylic acids is 1. The van der Waals surface area contributed by atoms with Gasteiger partial charge in [0.05, 0.1) is 6.42 Å². The highest BCUT2D eigenvalue weighted by Crippen LogP contribution is 2.68. The van der Waals surface area contributed by atoms with Gasteiger partial charge < -0.3 is 10.4 Å². The van der Waals surface area contributed by atoms with Crippen LogP contribution in [0.5, 0.6) is 0 Å². The van der Waals surface area contributed by atoms with E-state index in [1.54, 1.807) is 24.3 Å². The SMILES string of the molecule is CC1(C)C(C(=O)Nc2cccc(CC(=O)O)c2)C1(C)C. The molecule has 1 saturated carbocycles. The van der Waals surface area contributed by atoms with Crippen LogP contribution >= 0.6 is 0 Å². The van der Waals surface area contributed by atoms with Gasteiger partial charge in [0.2, 0.25) is 5.91 Å². The number of amides is 1. The molecule has 0 spiro atoms. The monoisotopic (exact) mass is 275 g/mol. The van der Waals surface area contributed by atoms with Crippen molar-refractivity contribution in [1.29, 1.82) is 0 Å². The van der Waals surface area contributed by atoms with Crippen LogP contribution in [0.25, 0.3) is 0 Å². The average molecular weight is 275 g/mol. The third-order valence-electron chi connectivity index (χ3n) is 4.83. The van der Waals surface area contributed by atoms with E-state index < -0.39 is 5.97 Å². The number of hydrogen-bond acceptors (Lipinski definition) is 2. The lowest BCUT2D eigenvalue weighted by molar-refractivity contribution is -0.136. The molecule has 0 aliphatic heterocycles. The van der Waals surface area contributed by atoms with Crippen molar-refractivity contribution in [3.63, 3.8) is 0 Å². The van der Waals surface area contributed by atoms with Gasteiger partial charge in [-0.1, -0.05) is 39.8 Å². The summed E-state index contributed by atoms with van der Waals surface area (Å²) < 4.78 is 0. The molecule has 20 heavy (non-hydrogen) atoms. The van der Waals surface area contributed by atoms with Gasteiger partial charge in [0.1, 0.15) is 0 Å². The van der Waals surface area contributed by atoms with Gasteiger partial charge in [0.15, 0.2) is 0 Å². The minimum absolute atomic E-state index is 0.00421. The number of hydrogen-bond donors (Lipinski definition) is 2. The first-order valence-electron chi connectivity index (χ1n) is 6.78. The van der Waals surface area contributed by atoms with Crippen LogP contribution in [0, 0.1) is 16.7 Å². The van der Waals surface area contributed by atoms with Gasteiger partial charge in [-0.05, 0) is 28.5 Å². The van der Waals surface area contributed by atoms with Crippen molar-refractivity contribution in [1.82, 2.24) is 0 Å². The van der Waals surface area contributed by atoms with Crippen LogP contribution in [0.15, 0.2) is 24.3 Å². The fourth-order valence-corrected chi connectivity index (χ4v) is 3.00. The number of carboxylic acid groups (broad SMARTS) is 1. The van der Waals surface area contributed by atoms with Gasteiger partial charge in [-0.2, -0.15) is 0 Å². The third-order valence-corrected chi connectivity index (χ3v) is 4.83. The molecule has 1 amide bonds. The number of benzene rings is 1. The first-order valence-corrected chi connectivity index (χ1v) is 6.78. The molecule has 0 aromatic heterocycles. The smallest absolute Gasteiger partial charge is 0.307 e. The van der Waals surface area contributed by atoms with Gasteiger partial charge in [-0.3, -0.25) is 9.59 Å². The zero-order chi connectivity index (χ0) is 15.1. The summed E-state index contributed by atoms with van der Waals surface area (Å²) in [5.41, 5.74) is 1.34. The Balaban J connectivity index is 2.08. The normalized spacial score (nSPS) is 19.4. The Labute approximate surface area is 119 Å². The second-order valence-electron chi connectivity index (χ2n) is 6.64. The molecule has 0 atom stereocenters. The van der Waals surface area contributed by atoms with E-state index in [-0.39, 0.29) is 29.1 Å². The van der Waals surface area contributed by atoms with Crippen molar-refractivity contribution >= 4 is 17.6 Å². The molecular weight excluding hydrogens is 254 g/mol. The standard InChI is InChI=1S/C16H21NO3/c1-15(2)13(16(15,3)4)14(20)17-11-7-5-6-10(8-11)9-12(18)19/h5-8,13H,9H2,1-4H3,(H,17,20)(H,18,19). The van der Waals surface area contributed by atoms with E-state index in [9.17, 15) is 9.59 Å². The molecule has 0 heterocycles. The maximum absolute atomic E-state index is 12.3. The summed E-state index contributed by atoms with van der Waals surface area (Å²) in [5, 5.41) is 11.7. The summed E-state index contributed by atoms with van der Waals surface area (Å²) in [6.45, 7) is 8.38. The predicted octanol–water partition coefficient (Wildman–Crippen LogP) is 2.93. The van der Waals surface area contributed by atoms with Crippen molar-refractivity contribution in [3.05, 3.63) is 29.8 Å². The van der Waals surface area contributed by atoms with Crippen molar-refractivity contribution in [2.24, 2.45) is 16.7 Å². The van der Waals surface area contributed by atoms with Crippen LogP contribution in [-0.2, 0) is 16.0 Å². The minimum Gasteiger partial charge on any atom is -0.481 e. The maximum Gasteiger partial charge on any atom is 0.307 e. The third kappa shape index (κ3) is 2.42. The zero-order valence-electron chi connectivity index (χ0n) is 12.4. The van der Waals surface area contributed by atoms with Crippen LogP contribution in [0.3, 0.4) is 0 Å². The van der Waals surface area contributed by atoms with Crippen LogP contribution in [0.4, 0.5) is 5.69 Å². The first-order chi connectivity index (χ1) is 9.16. The molecule has 1 aromatic carbocycles. The van der Waals surface area contributed by atoms with Gasteiger partial charge in [-0.25, -0.2) is 0 Å². The lowest BCUT2D eigenvalue weighted by Crippen LogP contribution is -2.17. The molecule has 1 aliphatic carbocycles. The number of rotatable bonds is 4. The highest BCUT2D eigenvalue weighted by molar-refractivity contribution is 5.96. The molecule has 0 unspecified atom stereocenters. The highest BCUT2D eigenvalue weighted by atomic mass is 16.4. The van der Waals surface area contributed by atoms with Crippen LogP contribution in [0.2, 0.25) is 0 Å². The largest absolute Gasteiger partial charge is 0.481 e.